The lowest BCUT2D eigenvalue weighted by Crippen LogP contribution is -2.23. The summed E-state index contributed by atoms with van der Waals surface area (Å²) in [6, 6.07) is 10.4. The van der Waals surface area contributed by atoms with Gasteiger partial charge < -0.3 is 0 Å². The lowest BCUT2D eigenvalue weighted by Gasteiger charge is -2.05. The van der Waals surface area contributed by atoms with Crippen molar-refractivity contribution in [2.24, 2.45) is 5.10 Å². The second-order valence-electron chi connectivity index (χ2n) is 4.68. The van der Waals surface area contributed by atoms with E-state index in [4.69, 9.17) is 11.6 Å². The zero-order valence-corrected chi connectivity index (χ0v) is 12.2. The molecule has 0 atom stereocenters. The number of nitrogens with zero attached hydrogens (tertiary/aromatic N) is 3. The average Bonchev–Trinajstić information content (AvgIpc) is 2.78. The lowest BCUT2D eigenvalue weighted by atomic mass is 10.1. The van der Waals surface area contributed by atoms with Crippen LogP contribution >= 0.6 is 11.6 Å². The molecule has 23 heavy (non-hydrogen) atoms. The van der Waals surface area contributed by atoms with Crippen molar-refractivity contribution >= 4 is 35.3 Å². The average molecular weight is 330 g/mol. The van der Waals surface area contributed by atoms with E-state index in [1.807, 2.05) is 0 Å². The standard InChI is InChI=1S/C15H8ClN3O4/c16-12-6-5-9(7-13(12)19(22)23)8-17-18-14(20)10-3-1-2-4-11(10)15(18)21/h1-8H. The van der Waals surface area contributed by atoms with Gasteiger partial charge >= 0.3 is 0 Å². The molecule has 2 amide bonds. The molecular formula is C15H8ClN3O4. The second kappa shape index (κ2) is 5.62. The van der Waals surface area contributed by atoms with E-state index in [9.17, 15) is 19.7 Å². The third-order valence-electron chi connectivity index (χ3n) is 3.26. The first-order valence-corrected chi connectivity index (χ1v) is 6.82. The molecule has 3 rings (SSSR count). The molecule has 0 saturated heterocycles. The highest BCUT2D eigenvalue weighted by atomic mass is 35.5. The molecule has 8 heteroatoms. The van der Waals surface area contributed by atoms with E-state index in [1.165, 1.54) is 36.5 Å². The van der Waals surface area contributed by atoms with Crippen molar-refractivity contribution in [2.45, 2.75) is 0 Å². The number of hydrogen-bond acceptors (Lipinski definition) is 5. The molecule has 0 fully saturated rings. The quantitative estimate of drug-likeness (QED) is 0.374. The van der Waals surface area contributed by atoms with Gasteiger partial charge in [0.15, 0.2) is 0 Å². The summed E-state index contributed by atoms with van der Waals surface area (Å²) in [6.07, 6.45) is 1.20. The molecule has 1 aliphatic rings. The van der Waals surface area contributed by atoms with Gasteiger partial charge in [-0.15, -0.1) is 0 Å². The van der Waals surface area contributed by atoms with Gasteiger partial charge in [-0.3, -0.25) is 19.7 Å². The van der Waals surface area contributed by atoms with Crippen molar-refractivity contribution in [3.63, 3.8) is 0 Å². The van der Waals surface area contributed by atoms with Gasteiger partial charge in [0.1, 0.15) is 5.02 Å². The second-order valence-corrected chi connectivity index (χ2v) is 5.09. The zero-order chi connectivity index (χ0) is 16.6. The maximum Gasteiger partial charge on any atom is 0.288 e. The van der Waals surface area contributed by atoms with E-state index >= 15 is 0 Å². The number of rotatable bonds is 3. The van der Waals surface area contributed by atoms with Gasteiger partial charge in [0.2, 0.25) is 0 Å². The van der Waals surface area contributed by atoms with E-state index in [2.05, 4.69) is 5.10 Å². The number of carbonyl (C=O) groups excluding carboxylic acids is 2. The van der Waals surface area contributed by atoms with Crippen LogP contribution in [0.15, 0.2) is 47.6 Å². The fourth-order valence-corrected chi connectivity index (χ4v) is 2.34. The molecule has 0 N–H and O–H groups in total. The molecule has 0 unspecified atom stereocenters. The normalized spacial score (nSPS) is 13.7. The van der Waals surface area contributed by atoms with Gasteiger partial charge in [0.05, 0.1) is 22.3 Å². The van der Waals surface area contributed by atoms with Gasteiger partial charge in [0.25, 0.3) is 17.5 Å². The van der Waals surface area contributed by atoms with Crippen molar-refractivity contribution in [1.29, 1.82) is 0 Å². The Labute approximate surface area is 134 Å². The van der Waals surface area contributed by atoms with Crippen molar-refractivity contribution in [3.8, 4) is 0 Å². The number of nitro benzene ring substituents is 1. The van der Waals surface area contributed by atoms with Crippen LogP contribution in [0.5, 0.6) is 0 Å². The Kier molecular flexibility index (Phi) is 3.63. The molecule has 2 aromatic rings. The molecule has 0 spiro atoms. The third-order valence-corrected chi connectivity index (χ3v) is 3.58. The van der Waals surface area contributed by atoms with Crippen LogP contribution in [0.2, 0.25) is 5.02 Å². The van der Waals surface area contributed by atoms with Gasteiger partial charge in [-0.1, -0.05) is 29.8 Å². The molecule has 114 valence electrons. The zero-order valence-electron chi connectivity index (χ0n) is 11.5. The van der Waals surface area contributed by atoms with E-state index in [1.54, 1.807) is 12.1 Å². The minimum absolute atomic E-state index is 0.00659. The molecular weight excluding hydrogens is 322 g/mol. The van der Waals surface area contributed by atoms with Crippen LogP contribution < -0.4 is 0 Å². The van der Waals surface area contributed by atoms with Crippen LogP contribution in [0.1, 0.15) is 26.3 Å². The van der Waals surface area contributed by atoms with Crippen molar-refractivity contribution in [1.82, 2.24) is 5.01 Å². The van der Waals surface area contributed by atoms with Crippen LogP contribution in [0.3, 0.4) is 0 Å². The summed E-state index contributed by atoms with van der Waals surface area (Å²) < 4.78 is 0. The van der Waals surface area contributed by atoms with E-state index in [-0.39, 0.29) is 21.8 Å². The Morgan fingerprint density at radius 3 is 2.26 bits per heavy atom. The highest BCUT2D eigenvalue weighted by Gasteiger charge is 2.35. The summed E-state index contributed by atoms with van der Waals surface area (Å²) in [7, 11) is 0. The van der Waals surface area contributed by atoms with Crippen LogP contribution in [-0.4, -0.2) is 28.0 Å². The lowest BCUT2D eigenvalue weighted by molar-refractivity contribution is -0.384. The smallest absolute Gasteiger partial charge is 0.267 e. The van der Waals surface area contributed by atoms with Crippen LogP contribution in [0.25, 0.3) is 0 Å². The van der Waals surface area contributed by atoms with Gasteiger partial charge in [-0.05, 0) is 18.2 Å². The molecule has 1 aliphatic heterocycles. The number of carbonyl (C=O) groups is 2. The fourth-order valence-electron chi connectivity index (χ4n) is 2.16. The topological polar surface area (TPSA) is 92.9 Å². The number of benzene rings is 2. The Balaban J connectivity index is 1.90. The van der Waals surface area contributed by atoms with Gasteiger partial charge in [-0.2, -0.15) is 10.1 Å². The van der Waals surface area contributed by atoms with E-state index < -0.39 is 16.7 Å². The minimum atomic E-state index is -0.623. The van der Waals surface area contributed by atoms with Gasteiger partial charge in [-0.25, -0.2) is 0 Å². The summed E-state index contributed by atoms with van der Waals surface area (Å²) in [5.41, 5.74) is 0.615. The van der Waals surface area contributed by atoms with Crippen molar-refractivity contribution in [3.05, 3.63) is 74.3 Å². The van der Waals surface area contributed by atoms with Gasteiger partial charge in [0, 0.05) is 11.6 Å². The molecule has 0 bridgehead atoms. The number of halogens is 1. The van der Waals surface area contributed by atoms with Crippen molar-refractivity contribution < 1.29 is 14.5 Å². The van der Waals surface area contributed by atoms with E-state index in [0.717, 1.165) is 5.01 Å². The Bertz CT molecular complexity index is 844. The first-order valence-electron chi connectivity index (χ1n) is 6.45. The first kappa shape index (κ1) is 14.9. The summed E-state index contributed by atoms with van der Waals surface area (Å²) in [6.45, 7) is 0. The first-order chi connectivity index (χ1) is 11.0. The highest BCUT2D eigenvalue weighted by molar-refractivity contribution is 6.32. The minimum Gasteiger partial charge on any atom is -0.267 e. The van der Waals surface area contributed by atoms with Crippen molar-refractivity contribution in [2.75, 3.05) is 0 Å². The Morgan fingerprint density at radius 1 is 1.09 bits per heavy atom. The molecule has 0 radical (unpaired) electrons. The number of amides is 2. The number of hydrazone groups is 1. The number of imide groups is 1. The van der Waals surface area contributed by atoms with Crippen LogP contribution in [-0.2, 0) is 0 Å². The Morgan fingerprint density at radius 2 is 1.70 bits per heavy atom. The fraction of sp³-hybridized carbons (Fsp3) is 0. The Hall–Kier alpha value is -3.06. The predicted octanol–water partition coefficient (Wildman–Crippen LogP) is 2.88. The highest BCUT2D eigenvalue weighted by Crippen LogP contribution is 2.25. The molecule has 7 nitrogen and oxygen atoms in total. The number of hydrogen-bond donors (Lipinski definition) is 0. The maximum absolute atomic E-state index is 12.1. The monoisotopic (exact) mass is 329 g/mol. The molecule has 1 heterocycles. The number of nitro groups is 1. The summed E-state index contributed by atoms with van der Waals surface area (Å²) >= 11 is 5.72. The largest absolute Gasteiger partial charge is 0.288 e. The summed E-state index contributed by atoms with van der Waals surface area (Å²) in [5.74, 6) is -1.07. The number of fused-ring (bicyclic) bond motifs is 1. The van der Waals surface area contributed by atoms with Crippen LogP contribution in [0.4, 0.5) is 5.69 Å². The van der Waals surface area contributed by atoms with Crippen LogP contribution in [0, 0.1) is 10.1 Å². The van der Waals surface area contributed by atoms with E-state index in [0.29, 0.717) is 5.56 Å². The summed E-state index contributed by atoms with van der Waals surface area (Å²) in [5, 5.41) is 15.4. The molecule has 2 aromatic carbocycles. The maximum atomic E-state index is 12.1. The third kappa shape index (κ3) is 2.58. The molecule has 0 aromatic heterocycles. The molecule has 0 saturated carbocycles. The summed E-state index contributed by atoms with van der Waals surface area (Å²) in [4.78, 5) is 34.5. The SMILES string of the molecule is O=C1c2ccccc2C(=O)N1N=Cc1ccc(Cl)c([N+](=O)[O-])c1. The molecule has 0 aliphatic carbocycles. The predicted molar refractivity (Wildman–Crippen MR) is 82.6 cm³/mol.